The summed E-state index contributed by atoms with van der Waals surface area (Å²) in [7, 11) is 0. The monoisotopic (exact) mass is 238 g/mol. The number of nitrogens with two attached hydrogens (primary N) is 1. The van der Waals surface area contributed by atoms with Crippen molar-refractivity contribution in [1.82, 2.24) is 4.98 Å². The molecule has 1 atom stereocenters. The lowest BCUT2D eigenvalue weighted by Gasteiger charge is -2.25. The van der Waals surface area contributed by atoms with Crippen LogP contribution in [0.5, 0.6) is 0 Å². The van der Waals surface area contributed by atoms with E-state index in [1.165, 1.54) is 18.5 Å². The first kappa shape index (κ1) is 12.1. The van der Waals surface area contributed by atoms with E-state index in [0.29, 0.717) is 5.92 Å². The highest BCUT2D eigenvalue weighted by Crippen LogP contribution is 2.47. The molecule has 1 aliphatic carbocycles. The van der Waals surface area contributed by atoms with Crippen LogP contribution in [0.3, 0.4) is 0 Å². The van der Waals surface area contributed by atoms with Crippen LogP contribution >= 0.6 is 11.3 Å². The van der Waals surface area contributed by atoms with Gasteiger partial charge in [0.15, 0.2) is 0 Å². The Kier molecular flexibility index (Phi) is 2.87. The fraction of sp³-hybridized carbons (Fsp3) is 0.769. The van der Waals surface area contributed by atoms with Crippen LogP contribution < -0.4 is 5.73 Å². The average molecular weight is 238 g/mol. The second-order valence-electron chi connectivity index (χ2n) is 5.96. The minimum atomic E-state index is -0.159. The predicted octanol–water partition coefficient (Wildman–Crippen LogP) is 3.41. The topological polar surface area (TPSA) is 38.9 Å². The van der Waals surface area contributed by atoms with Crippen LogP contribution in [-0.4, -0.2) is 4.98 Å². The number of rotatable bonds is 3. The lowest BCUT2D eigenvalue weighted by molar-refractivity contribution is 0.366. The minimum absolute atomic E-state index is 0.132. The number of hydrogen-bond acceptors (Lipinski definition) is 3. The van der Waals surface area contributed by atoms with Gasteiger partial charge in [0, 0.05) is 10.8 Å². The highest BCUT2D eigenvalue weighted by Gasteiger charge is 2.44. The van der Waals surface area contributed by atoms with Gasteiger partial charge < -0.3 is 5.73 Å². The zero-order chi connectivity index (χ0) is 12.0. The van der Waals surface area contributed by atoms with E-state index >= 15 is 0 Å². The van der Waals surface area contributed by atoms with Crippen molar-refractivity contribution in [3.63, 3.8) is 0 Å². The number of nitrogens with zero attached hydrogens (tertiary/aromatic N) is 1. The second-order valence-corrected chi connectivity index (χ2v) is 6.81. The van der Waals surface area contributed by atoms with Crippen molar-refractivity contribution < 1.29 is 0 Å². The van der Waals surface area contributed by atoms with Gasteiger partial charge in [-0.3, -0.25) is 0 Å². The van der Waals surface area contributed by atoms with Gasteiger partial charge in [-0.05, 0) is 25.2 Å². The van der Waals surface area contributed by atoms with Crippen molar-refractivity contribution in [2.45, 2.75) is 57.9 Å². The Morgan fingerprint density at radius 1 is 1.44 bits per heavy atom. The molecule has 1 saturated carbocycles. The van der Waals surface area contributed by atoms with Gasteiger partial charge in [0.1, 0.15) is 5.01 Å². The Hall–Kier alpha value is -0.410. The highest BCUT2D eigenvalue weighted by molar-refractivity contribution is 7.09. The van der Waals surface area contributed by atoms with Crippen LogP contribution in [0.25, 0.3) is 0 Å². The Morgan fingerprint density at radius 3 is 2.44 bits per heavy atom. The molecule has 0 amide bonds. The van der Waals surface area contributed by atoms with E-state index in [-0.39, 0.29) is 11.0 Å². The first-order chi connectivity index (χ1) is 7.38. The molecule has 0 spiro atoms. The molecule has 2 rings (SSSR count). The summed E-state index contributed by atoms with van der Waals surface area (Å²) in [6.07, 6.45) is 3.54. The average Bonchev–Trinajstić information content (AvgIpc) is 2.92. The molecule has 0 aromatic carbocycles. The molecule has 1 aromatic heterocycles. The van der Waals surface area contributed by atoms with Crippen LogP contribution in [-0.2, 0) is 11.0 Å². The maximum atomic E-state index is 6.53. The second kappa shape index (κ2) is 3.81. The fourth-order valence-corrected chi connectivity index (χ4v) is 3.36. The summed E-state index contributed by atoms with van der Waals surface area (Å²) in [5.74, 6) is 0.663. The number of aromatic nitrogens is 1. The first-order valence-corrected chi connectivity index (χ1v) is 7.01. The Labute approximate surface area is 102 Å². The van der Waals surface area contributed by atoms with Gasteiger partial charge in [0.05, 0.1) is 11.2 Å². The van der Waals surface area contributed by atoms with E-state index in [2.05, 4.69) is 33.1 Å². The molecule has 2 N–H and O–H groups in total. The SMILES string of the molecule is CCC(N)(c1nc(C(C)(C)C)cs1)C1CC1. The normalized spacial score (nSPS) is 20.8. The van der Waals surface area contributed by atoms with Gasteiger partial charge in [0.25, 0.3) is 0 Å². The molecule has 0 radical (unpaired) electrons. The van der Waals surface area contributed by atoms with Gasteiger partial charge in [-0.15, -0.1) is 11.3 Å². The smallest absolute Gasteiger partial charge is 0.113 e. The summed E-state index contributed by atoms with van der Waals surface area (Å²) in [6.45, 7) is 8.78. The van der Waals surface area contributed by atoms with E-state index in [0.717, 1.165) is 11.4 Å². The van der Waals surface area contributed by atoms with Crippen molar-refractivity contribution in [3.05, 3.63) is 16.1 Å². The molecule has 16 heavy (non-hydrogen) atoms. The Bertz CT molecular complexity index is 374. The standard InChI is InChI=1S/C13H22N2S/c1-5-13(14,9-6-7-9)11-15-10(8-16-11)12(2,3)4/h8-9H,5-7,14H2,1-4H3. The molecule has 3 heteroatoms. The summed E-state index contributed by atoms with van der Waals surface area (Å²) >= 11 is 1.74. The minimum Gasteiger partial charge on any atom is -0.319 e. The van der Waals surface area contributed by atoms with Crippen molar-refractivity contribution in [2.24, 2.45) is 11.7 Å². The Balaban J connectivity index is 2.30. The maximum absolute atomic E-state index is 6.53. The molecular formula is C13H22N2S. The summed E-state index contributed by atoms with van der Waals surface area (Å²) in [6, 6.07) is 0. The van der Waals surface area contributed by atoms with E-state index in [4.69, 9.17) is 10.7 Å². The van der Waals surface area contributed by atoms with Crippen molar-refractivity contribution in [2.75, 3.05) is 0 Å². The van der Waals surface area contributed by atoms with E-state index in [9.17, 15) is 0 Å². The molecule has 0 aliphatic heterocycles. The largest absolute Gasteiger partial charge is 0.319 e. The first-order valence-electron chi connectivity index (χ1n) is 6.13. The lowest BCUT2D eigenvalue weighted by atomic mass is 9.91. The molecule has 1 aliphatic rings. The zero-order valence-electron chi connectivity index (χ0n) is 10.7. The lowest BCUT2D eigenvalue weighted by Crippen LogP contribution is -2.38. The molecule has 90 valence electrons. The molecule has 1 aromatic rings. The molecule has 0 saturated heterocycles. The molecule has 0 bridgehead atoms. The molecule has 1 heterocycles. The summed E-state index contributed by atoms with van der Waals surface area (Å²) in [5, 5.41) is 3.32. The number of hydrogen-bond donors (Lipinski definition) is 1. The van der Waals surface area contributed by atoms with Gasteiger partial charge >= 0.3 is 0 Å². The third-order valence-corrected chi connectivity index (χ3v) is 4.60. The van der Waals surface area contributed by atoms with Crippen molar-refractivity contribution >= 4 is 11.3 Å². The van der Waals surface area contributed by atoms with E-state index in [1.54, 1.807) is 11.3 Å². The van der Waals surface area contributed by atoms with Gasteiger partial charge in [-0.25, -0.2) is 4.98 Å². The van der Waals surface area contributed by atoms with Gasteiger partial charge in [-0.2, -0.15) is 0 Å². The van der Waals surface area contributed by atoms with Crippen LogP contribution in [0, 0.1) is 5.92 Å². The fourth-order valence-electron chi connectivity index (χ4n) is 2.04. The van der Waals surface area contributed by atoms with Crippen molar-refractivity contribution in [3.8, 4) is 0 Å². The van der Waals surface area contributed by atoms with Gasteiger partial charge in [-0.1, -0.05) is 27.7 Å². The van der Waals surface area contributed by atoms with Crippen molar-refractivity contribution in [1.29, 1.82) is 0 Å². The summed E-state index contributed by atoms with van der Waals surface area (Å²) < 4.78 is 0. The van der Waals surface area contributed by atoms with E-state index in [1.807, 2.05) is 0 Å². The predicted molar refractivity (Wildman–Crippen MR) is 69.7 cm³/mol. The van der Waals surface area contributed by atoms with Crippen LogP contribution in [0.2, 0.25) is 0 Å². The van der Waals surface area contributed by atoms with E-state index < -0.39 is 0 Å². The number of thiazole rings is 1. The quantitative estimate of drug-likeness (QED) is 0.876. The van der Waals surface area contributed by atoms with Crippen LogP contribution in [0.15, 0.2) is 5.38 Å². The zero-order valence-corrected chi connectivity index (χ0v) is 11.5. The highest BCUT2D eigenvalue weighted by atomic mass is 32.1. The summed E-state index contributed by atoms with van der Waals surface area (Å²) in [4.78, 5) is 4.78. The van der Waals surface area contributed by atoms with Gasteiger partial charge in [0.2, 0.25) is 0 Å². The molecular weight excluding hydrogens is 216 g/mol. The molecule has 1 unspecified atom stereocenters. The Morgan fingerprint density at radius 2 is 2.06 bits per heavy atom. The van der Waals surface area contributed by atoms with Crippen LogP contribution in [0.1, 0.15) is 57.7 Å². The third-order valence-electron chi connectivity index (χ3n) is 3.56. The molecule has 2 nitrogen and oxygen atoms in total. The van der Waals surface area contributed by atoms with Crippen LogP contribution in [0.4, 0.5) is 0 Å². The maximum Gasteiger partial charge on any atom is 0.113 e. The third kappa shape index (κ3) is 2.03. The molecule has 1 fully saturated rings. The summed E-state index contributed by atoms with van der Waals surface area (Å²) in [5.41, 5.74) is 7.68.